The SMILES string of the molecule is C=CC(=O)N1CCN(c2nc(OC[C@@H]3CCCN3C)nc3c2CCN(c2cccc(F)c2OC)C3)CC1CC#N. The van der Waals surface area contributed by atoms with Gasteiger partial charge in [-0.15, -0.1) is 0 Å². The van der Waals surface area contributed by atoms with E-state index in [4.69, 9.17) is 19.4 Å². The van der Waals surface area contributed by atoms with Gasteiger partial charge in [0.25, 0.3) is 0 Å². The molecule has 0 N–H and O–H groups in total. The number of benzene rings is 1. The molecule has 1 aromatic heterocycles. The first kappa shape index (κ1) is 27.6. The fraction of sp³-hybridized carbons (Fsp3) is 0.517. The molecule has 2 saturated heterocycles. The predicted molar refractivity (Wildman–Crippen MR) is 149 cm³/mol. The van der Waals surface area contributed by atoms with Gasteiger partial charge in [0.2, 0.25) is 5.91 Å². The maximum atomic E-state index is 14.5. The zero-order valence-electron chi connectivity index (χ0n) is 23.2. The number of anilines is 2. The maximum absolute atomic E-state index is 14.5. The lowest BCUT2D eigenvalue weighted by Crippen LogP contribution is -2.55. The van der Waals surface area contributed by atoms with Crippen LogP contribution in [0.25, 0.3) is 0 Å². The first-order valence-corrected chi connectivity index (χ1v) is 13.8. The number of hydrogen-bond donors (Lipinski definition) is 0. The van der Waals surface area contributed by atoms with Crippen LogP contribution in [0.2, 0.25) is 0 Å². The molecule has 10 nitrogen and oxygen atoms in total. The first-order valence-electron chi connectivity index (χ1n) is 13.8. The van der Waals surface area contributed by atoms with Gasteiger partial charge in [0.1, 0.15) is 12.4 Å². The number of amides is 1. The summed E-state index contributed by atoms with van der Waals surface area (Å²) in [6, 6.07) is 7.49. The molecule has 212 valence electrons. The number of methoxy groups -OCH3 is 1. The number of carbonyl (C=O) groups excluding carboxylic acids is 1. The lowest BCUT2D eigenvalue weighted by Gasteiger charge is -2.42. The van der Waals surface area contributed by atoms with E-state index in [1.54, 1.807) is 11.0 Å². The van der Waals surface area contributed by atoms with Gasteiger partial charge < -0.3 is 29.1 Å². The van der Waals surface area contributed by atoms with Crippen molar-refractivity contribution in [3.63, 3.8) is 0 Å². The van der Waals surface area contributed by atoms with E-state index < -0.39 is 5.82 Å². The number of aromatic nitrogens is 2. The fourth-order valence-corrected chi connectivity index (χ4v) is 5.96. The molecule has 3 aliphatic rings. The molecule has 0 saturated carbocycles. The number of nitriles is 1. The molecule has 5 rings (SSSR count). The molecule has 0 radical (unpaired) electrons. The van der Waals surface area contributed by atoms with Gasteiger partial charge in [-0.25, -0.2) is 4.39 Å². The Hall–Kier alpha value is -3.91. The summed E-state index contributed by atoms with van der Waals surface area (Å²) in [5.74, 6) is 0.408. The number of piperazine rings is 1. The molecule has 11 heteroatoms. The Morgan fingerprint density at radius 3 is 2.80 bits per heavy atom. The Morgan fingerprint density at radius 1 is 1.23 bits per heavy atom. The van der Waals surface area contributed by atoms with E-state index in [0.717, 1.165) is 36.5 Å². The van der Waals surface area contributed by atoms with Gasteiger partial charge in [-0.05, 0) is 51.1 Å². The Labute approximate surface area is 234 Å². The fourth-order valence-electron chi connectivity index (χ4n) is 5.96. The molecule has 0 bridgehead atoms. The van der Waals surface area contributed by atoms with Crippen LogP contribution in [0.5, 0.6) is 11.8 Å². The zero-order chi connectivity index (χ0) is 28.2. The third-order valence-electron chi connectivity index (χ3n) is 8.16. The summed E-state index contributed by atoms with van der Waals surface area (Å²) in [5.41, 5.74) is 2.50. The van der Waals surface area contributed by atoms with E-state index in [-0.39, 0.29) is 24.1 Å². The van der Waals surface area contributed by atoms with E-state index in [9.17, 15) is 14.4 Å². The van der Waals surface area contributed by atoms with Crippen LogP contribution in [0.3, 0.4) is 0 Å². The van der Waals surface area contributed by atoms with E-state index >= 15 is 0 Å². The second kappa shape index (κ2) is 12.1. The molecule has 1 unspecified atom stereocenters. The number of halogens is 1. The van der Waals surface area contributed by atoms with Crippen molar-refractivity contribution in [3.8, 4) is 17.8 Å². The standard InChI is InChI=1S/C29H36FN7O3/c1-4-26(38)37-16-15-36(17-20(37)10-12-31)28-22-11-14-35(25-9-5-8-23(30)27(25)39-3)18-24(22)32-29(33-28)40-19-21-7-6-13-34(21)2/h4-5,8-9,20-21H,1,6-7,10-11,13-19H2,2-3H3/t20?,21-/m0/s1. The van der Waals surface area contributed by atoms with Gasteiger partial charge in [-0.1, -0.05) is 12.6 Å². The lowest BCUT2D eigenvalue weighted by molar-refractivity contribution is -0.128. The largest absolute Gasteiger partial charge is 0.492 e. The monoisotopic (exact) mass is 549 g/mol. The molecule has 2 aromatic rings. The summed E-state index contributed by atoms with van der Waals surface area (Å²) in [4.78, 5) is 30.4. The van der Waals surface area contributed by atoms with Crippen LogP contribution < -0.4 is 19.3 Å². The molecule has 40 heavy (non-hydrogen) atoms. The summed E-state index contributed by atoms with van der Waals surface area (Å²) in [6.45, 7) is 7.74. The number of rotatable bonds is 8. The minimum absolute atomic E-state index is 0.172. The third kappa shape index (κ3) is 5.54. The van der Waals surface area contributed by atoms with E-state index in [1.165, 1.54) is 19.3 Å². The molecule has 0 aliphatic carbocycles. The molecule has 4 heterocycles. The Kier molecular flexibility index (Phi) is 8.35. The number of likely N-dealkylation sites (N-methyl/N-ethyl adjacent to an activating group) is 1. The number of likely N-dealkylation sites (tertiary alicyclic amines) is 1. The highest BCUT2D eigenvalue weighted by Crippen LogP contribution is 2.36. The Bertz CT molecular complexity index is 1300. The van der Waals surface area contributed by atoms with E-state index in [1.807, 2.05) is 6.07 Å². The van der Waals surface area contributed by atoms with E-state index in [2.05, 4.69) is 34.4 Å². The average molecular weight is 550 g/mol. The summed E-state index contributed by atoms with van der Waals surface area (Å²) in [7, 11) is 3.57. The second-order valence-electron chi connectivity index (χ2n) is 10.5. The highest BCUT2D eigenvalue weighted by molar-refractivity contribution is 5.87. The zero-order valence-corrected chi connectivity index (χ0v) is 23.2. The molecule has 2 fully saturated rings. The molecule has 1 aromatic carbocycles. The Balaban J connectivity index is 1.47. The van der Waals surface area contributed by atoms with Crippen molar-refractivity contribution in [1.82, 2.24) is 19.8 Å². The number of ether oxygens (including phenoxy) is 2. The van der Waals surface area contributed by atoms with Gasteiger partial charge >= 0.3 is 6.01 Å². The van der Waals surface area contributed by atoms with Crippen LogP contribution in [-0.2, 0) is 17.8 Å². The lowest BCUT2D eigenvalue weighted by atomic mass is 10.0. The van der Waals surface area contributed by atoms with Crippen LogP contribution in [0.1, 0.15) is 30.5 Å². The smallest absolute Gasteiger partial charge is 0.318 e. The molecular formula is C29H36FN7O3. The normalized spacial score (nSPS) is 21.1. The number of carbonyl (C=O) groups is 1. The number of fused-ring (bicyclic) bond motifs is 1. The highest BCUT2D eigenvalue weighted by Gasteiger charge is 2.34. The Morgan fingerprint density at radius 2 is 2.08 bits per heavy atom. The van der Waals surface area contributed by atoms with Crippen molar-refractivity contribution >= 4 is 17.4 Å². The van der Waals surface area contributed by atoms with Crippen LogP contribution in [0.4, 0.5) is 15.9 Å². The molecule has 2 atom stereocenters. The van der Waals surface area contributed by atoms with Gasteiger partial charge in [0.05, 0.1) is 43.6 Å². The van der Waals surface area contributed by atoms with E-state index in [0.29, 0.717) is 63.5 Å². The predicted octanol–water partition coefficient (Wildman–Crippen LogP) is 2.78. The van der Waals surface area contributed by atoms with Gasteiger partial charge in [0.15, 0.2) is 11.6 Å². The summed E-state index contributed by atoms with van der Waals surface area (Å²) >= 11 is 0. The number of para-hydroxylation sites is 1. The molecule has 0 spiro atoms. The molecule has 3 aliphatic heterocycles. The quantitative estimate of drug-likeness (QED) is 0.461. The molecular weight excluding hydrogens is 513 g/mol. The van der Waals surface area contributed by atoms with Crippen molar-refractivity contribution in [2.75, 3.05) is 63.3 Å². The van der Waals surface area contributed by atoms with Gasteiger partial charge in [-0.3, -0.25) is 4.79 Å². The minimum atomic E-state index is -0.408. The highest BCUT2D eigenvalue weighted by atomic mass is 19.1. The first-order chi connectivity index (χ1) is 19.4. The van der Waals surface area contributed by atoms with Crippen LogP contribution in [-0.4, -0.2) is 91.2 Å². The number of hydrogen-bond acceptors (Lipinski definition) is 9. The van der Waals surface area contributed by atoms with Gasteiger partial charge in [0, 0.05) is 37.8 Å². The second-order valence-corrected chi connectivity index (χ2v) is 10.5. The van der Waals surface area contributed by atoms with Gasteiger partial charge in [-0.2, -0.15) is 15.2 Å². The average Bonchev–Trinajstić information content (AvgIpc) is 3.39. The van der Waals surface area contributed by atoms with Crippen molar-refractivity contribution < 1.29 is 18.7 Å². The van der Waals surface area contributed by atoms with Crippen molar-refractivity contribution in [1.29, 1.82) is 5.26 Å². The summed E-state index contributed by atoms with van der Waals surface area (Å²) < 4.78 is 26.1. The third-order valence-corrected chi connectivity index (χ3v) is 8.16. The van der Waals surface area contributed by atoms with Crippen molar-refractivity contribution in [2.24, 2.45) is 0 Å². The van der Waals surface area contributed by atoms with Crippen LogP contribution >= 0.6 is 0 Å². The number of nitrogens with zero attached hydrogens (tertiary/aromatic N) is 7. The maximum Gasteiger partial charge on any atom is 0.318 e. The molecule has 1 amide bonds. The minimum Gasteiger partial charge on any atom is -0.492 e. The van der Waals surface area contributed by atoms with Crippen molar-refractivity contribution in [3.05, 3.63) is 47.9 Å². The van der Waals surface area contributed by atoms with Crippen molar-refractivity contribution in [2.45, 2.75) is 44.3 Å². The topological polar surface area (TPSA) is 98.1 Å². The van der Waals surface area contributed by atoms with Crippen LogP contribution in [0.15, 0.2) is 30.9 Å². The van der Waals surface area contributed by atoms with Crippen LogP contribution in [0, 0.1) is 17.1 Å². The summed E-state index contributed by atoms with van der Waals surface area (Å²) in [6.07, 6.45) is 4.36. The summed E-state index contributed by atoms with van der Waals surface area (Å²) in [5, 5.41) is 9.45.